The minimum Gasteiger partial charge on any atom is -0.504 e. The summed E-state index contributed by atoms with van der Waals surface area (Å²) >= 11 is 0. The molecule has 0 atom stereocenters. The van der Waals surface area contributed by atoms with Crippen molar-refractivity contribution < 1.29 is 14.7 Å². The third-order valence-corrected chi connectivity index (χ3v) is 2.02. The van der Waals surface area contributed by atoms with Crippen LogP contribution in [0.25, 0.3) is 0 Å². The quantitative estimate of drug-likeness (QED) is 0.803. The Bertz CT molecular complexity index is 300. The van der Waals surface area contributed by atoms with Crippen molar-refractivity contribution in [1.82, 2.24) is 5.06 Å². The average Bonchev–Trinajstić information content (AvgIpc) is 2.30. The molecule has 0 fully saturated rings. The molecule has 0 saturated heterocycles. The highest BCUT2D eigenvalue weighted by atomic mass is 16.7. The summed E-state index contributed by atoms with van der Waals surface area (Å²) in [7, 11) is 6.84. The van der Waals surface area contributed by atoms with Gasteiger partial charge in [0.1, 0.15) is 0 Å². The van der Waals surface area contributed by atoms with Crippen LogP contribution in [0.15, 0.2) is 18.2 Å². The lowest BCUT2D eigenvalue weighted by Crippen LogP contribution is -2.07. The van der Waals surface area contributed by atoms with E-state index in [9.17, 15) is 5.11 Å². The maximum atomic E-state index is 9.21. The number of phenolic OH excluding ortho intramolecular Hbond substituents is 1. The van der Waals surface area contributed by atoms with Crippen LogP contribution >= 0.6 is 0 Å². The first-order chi connectivity index (χ1) is 7.54. The van der Waals surface area contributed by atoms with E-state index < -0.39 is 0 Å². The Kier molecular flexibility index (Phi) is 7.33. The summed E-state index contributed by atoms with van der Waals surface area (Å²) in [5.74, 6) is 0.744. The maximum Gasteiger partial charge on any atom is 0.160 e. The van der Waals surface area contributed by atoms with E-state index in [0.29, 0.717) is 5.75 Å². The van der Waals surface area contributed by atoms with Gasteiger partial charge in [0.25, 0.3) is 0 Å². The first kappa shape index (κ1) is 14.7. The Morgan fingerprint density at radius 2 is 1.81 bits per heavy atom. The molecule has 4 heteroatoms. The highest BCUT2D eigenvalue weighted by Gasteiger charge is 1.99. The predicted molar refractivity (Wildman–Crippen MR) is 64.7 cm³/mol. The number of aromatic hydroxyl groups is 1. The second-order valence-corrected chi connectivity index (χ2v) is 3.35. The molecule has 92 valence electrons. The van der Waals surface area contributed by atoms with Crippen LogP contribution in [-0.4, -0.2) is 38.5 Å². The molecule has 0 radical (unpaired) electrons. The van der Waals surface area contributed by atoms with Crippen LogP contribution in [0, 0.1) is 0 Å². The van der Waals surface area contributed by atoms with Crippen molar-refractivity contribution in [2.75, 3.05) is 28.3 Å². The fraction of sp³-hybridized carbons (Fsp3) is 0.500. The lowest BCUT2D eigenvalue weighted by molar-refractivity contribution is -0.0855. The third-order valence-electron chi connectivity index (χ3n) is 2.02. The normalized spacial score (nSPS) is 9.62. The summed E-state index contributed by atoms with van der Waals surface area (Å²) in [6.07, 6.45) is 0.955. The molecular formula is C12H21NO3. The number of methoxy groups -OCH3 is 1. The Balaban J connectivity index is 0.000000385. The number of phenols is 1. The van der Waals surface area contributed by atoms with Crippen molar-refractivity contribution in [3.8, 4) is 11.5 Å². The molecule has 4 nitrogen and oxygen atoms in total. The first-order valence-electron chi connectivity index (χ1n) is 5.12. The molecule has 0 amide bonds. The lowest BCUT2D eigenvalue weighted by atomic mass is 10.1. The summed E-state index contributed by atoms with van der Waals surface area (Å²) < 4.78 is 4.94. The molecule has 0 saturated carbocycles. The number of hydroxylamine groups is 2. The van der Waals surface area contributed by atoms with Gasteiger partial charge < -0.3 is 14.7 Å². The zero-order valence-corrected chi connectivity index (χ0v) is 10.7. The van der Waals surface area contributed by atoms with Crippen molar-refractivity contribution in [3.05, 3.63) is 23.8 Å². The fourth-order valence-corrected chi connectivity index (χ4v) is 0.942. The zero-order chi connectivity index (χ0) is 12.6. The maximum absolute atomic E-state index is 9.21. The molecule has 0 heterocycles. The highest BCUT2D eigenvalue weighted by Crippen LogP contribution is 2.26. The van der Waals surface area contributed by atoms with Gasteiger partial charge in [0.15, 0.2) is 11.5 Å². The van der Waals surface area contributed by atoms with E-state index in [0.717, 1.165) is 6.42 Å². The molecule has 1 aromatic carbocycles. The SMILES string of the molecule is CCc1ccc(O)c(OC)c1.CON(C)C. The molecule has 0 bridgehead atoms. The minimum absolute atomic E-state index is 0.199. The molecule has 1 rings (SSSR count). The van der Waals surface area contributed by atoms with Gasteiger partial charge in [0.05, 0.1) is 14.2 Å². The van der Waals surface area contributed by atoms with Crippen molar-refractivity contribution in [2.45, 2.75) is 13.3 Å². The molecule has 1 aromatic rings. The first-order valence-corrected chi connectivity index (χ1v) is 5.12. The van der Waals surface area contributed by atoms with Crippen LogP contribution < -0.4 is 4.74 Å². The summed E-state index contributed by atoms with van der Waals surface area (Å²) in [4.78, 5) is 4.58. The second kappa shape index (κ2) is 7.96. The lowest BCUT2D eigenvalue weighted by Gasteiger charge is -2.03. The summed E-state index contributed by atoms with van der Waals surface area (Å²) in [5.41, 5.74) is 1.17. The van der Waals surface area contributed by atoms with Gasteiger partial charge in [-0.3, -0.25) is 0 Å². The smallest absolute Gasteiger partial charge is 0.160 e. The van der Waals surface area contributed by atoms with Gasteiger partial charge in [0, 0.05) is 14.1 Å². The van der Waals surface area contributed by atoms with Gasteiger partial charge in [-0.15, -0.1) is 0 Å². The van der Waals surface area contributed by atoms with E-state index in [1.54, 1.807) is 25.3 Å². The number of nitrogens with zero attached hydrogens (tertiary/aromatic N) is 1. The molecule has 0 aromatic heterocycles. The average molecular weight is 227 g/mol. The van der Waals surface area contributed by atoms with Crippen LogP contribution in [0.1, 0.15) is 12.5 Å². The summed E-state index contributed by atoms with van der Waals surface area (Å²) in [6.45, 7) is 2.06. The van der Waals surface area contributed by atoms with E-state index in [1.165, 1.54) is 5.56 Å². The van der Waals surface area contributed by atoms with Crippen LogP contribution in [0.5, 0.6) is 11.5 Å². The van der Waals surface area contributed by atoms with Crippen LogP contribution in [0.4, 0.5) is 0 Å². The molecule has 0 aliphatic rings. The van der Waals surface area contributed by atoms with E-state index in [4.69, 9.17) is 4.74 Å². The number of hydrogen-bond donors (Lipinski definition) is 1. The fourth-order valence-electron chi connectivity index (χ4n) is 0.942. The molecule has 1 N–H and O–H groups in total. The number of hydrogen-bond acceptors (Lipinski definition) is 4. The number of rotatable bonds is 3. The molecule has 0 unspecified atom stereocenters. The van der Waals surface area contributed by atoms with Crippen molar-refractivity contribution in [2.24, 2.45) is 0 Å². The van der Waals surface area contributed by atoms with Gasteiger partial charge in [0.2, 0.25) is 0 Å². The van der Waals surface area contributed by atoms with Crippen molar-refractivity contribution >= 4 is 0 Å². The topological polar surface area (TPSA) is 41.9 Å². The van der Waals surface area contributed by atoms with Gasteiger partial charge in [-0.05, 0) is 24.1 Å². The number of aryl methyl sites for hydroxylation is 1. The molecule has 0 spiro atoms. The second-order valence-electron chi connectivity index (χ2n) is 3.35. The standard InChI is InChI=1S/C9H12O2.C3H9NO/c1-3-7-4-5-8(10)9(6-7)11-2;1-4(2)5-3/h4-6,10H,3H2,1-2H3;1-3H3. The molecule has 0 aliphatic heterocycles. The van der Waals surface area contributed by atoms with Gasteiger partial charge in [-0.1, -0.05) is 13.0 Å². The number of ether oxygens (including phenoxy) is 1. The Morgan fingerprint density at radius 3 is 2.19 bits per heavy atom. The van der Waals surface area contributed by atoms with E-state index in [2.05, 4.69) is 11.8 Å². The van der Waals surface area contributed by atoms with Gasteiger partial charge in [-0.2, -0.15) is 5.06 Å². The highest BCUT2D eigenvalue weighted by molar-refractivity contribution is 5.41. The third kappa shape index (κ3) is 5.58. The van der Waals surface area contributed by atoms with Crippen molar-refractivity contribution in [1.29, 1.82) is 0 Å². The largest absolute Gasteiger partial charge is 0.504 e. The minimum atomic E-state index is 0.199. The summed E-state index contributed by atoms with van der Waals surface area (Å²) in [5, 5.41) is 10.8. The summed E-state index contributed by atoms with van der Waals surface area (Å²) in [6, 6.07) is 5.38. The Labute approximate surface area is 97.4 Å². The van der Waals surface area contributed by atoms with Gasteiger partial charge >= 0.3 is 0 Å². The predicted octanol–water partition coefficient (Wildman–Crippen LogP) is 2.07. The zero-order valence-electron chi connectivity index (χ0n) is 10.7. The van der Waals surface area contributed by atoms with Crippen LogP contribution in [0.2, 0.25) is 0 Å². The monoisotopic (exact) mass is 227 g/mol. The van der Waals surface area contributed by atoms with E-state index in [1.807, 2.05) is 26.2 Å². The molecule has 0 aliphatic carbocycles. The Morgan fingerprint density at radius 1 is 1.25 bits per heavy atom. The molecule has 16 heavy (non-hydrogen) atoms. The molecular weight excluding hydrogens is 206 g/mol. The van der Waals surface area contributed by atoms with E-state index in [-0.39, 0.29) is 5.75 Å². The van der Waals surface area contributed by atoms with E-state index >= 15 is 0 Å². The Hall–Kier alpha value is -1.26. The van der Waals surface area contributed by atoms with Crippen molar-refractivity contribution in [3.63, 3.8) is 0 Å². The van der Waals surface area contributed by atoms with Gasteiger partial charge in [-0.25, -0.2) is 0 Å². The van der Waals surface area contributed by atoms with Crippen LogP contribution in [0.3, 0.4) is 0 Å². The number of benzene rings is 1. The van der Waals surface area contributed by atoms with Crippen LogP contribution in [-0.2, 0) is 11.3 Å².